The van der Waals surface area contributed by atoms with Gasteiger partial charge in [-0.25, -0.2) is 0 Å². The number of unbranched alkanes of at least 4 members (excludes halogenated alkanes) is 2. The Labute approximate surface area is 88.7 Å². The van der Waals surface area contributed by atoms with Gasteiger partial charge in [-0.15, -0.1) is 6.58 Å². The average molecular weight is 199 g/mol. The van der Waals surface area contributed by atoms with E-state index < -0.39 is 0 Å². The number of nitrogens with one attached hydrogen (secondary N) is 1. The molecule has 0 heterocycles. The lowest BCUT2D eigenvalue weighted by molar-refractivity contribution is 0.134. The fourth-order valence-electron chi connectivity index (χ4n) is 1.20. The van der Waals surface area contributed by atoms with Crippen LogP contribution < -0.4 is 5.32 Å². The van der Waals surface area contributed by atoms with Gasteiger partial charge in [-0.05, 0) is 45.2 Å². The lowest BCUT2D eigenvalue weighted by Gasteiger charge is -2.03. The SMILES string of the molecule is C=CCCOCCCCCNCCC. The summed E-state index contributed by atoms with van der Waals surface area (Å²) in [6.07, 6.45) is 7.82. The minimum absolute atomic E-state index is 0.831. The molecule has 0 rings (SSSR count). The monoisotopic (exact) mass is 199 g/mol. The smallest absolute Gasteiger partial charge is 0.0500 e. The lowest BCUT2D eigenvalue weighted by Crippen LogP contribution is -2.15. The Morgan fingerprint density at radius 3 is 2.71 bits per heavy atom. The highest BCUT2D eigenvalue weighted by atomic mass is 16.5. The molecule has 0 unspecified atom stereocenters. The van der Waals surface area contributed by atoms with Gasteiger partial charge < -0.3 is 10.1 Å². The van der Waals surface area contributed by atoms with Crippen LogP contribution in [-0.4, -0.2) is 26.3 Å². The Morgan fingerprint density at radius 2 is 2.00 bits per heavy atom. The van der Waals surface area contributed by atoms with Crippen molar-refractivity contribution in [2.24, 2.45) is 0 Å². The van der Waals surface area contributed by atoms with Crippen LogP contribution in [0.1, 0.15) is 39.0 Å². The highest BCUT2D eigenvalue weighted by Crippen LogP contribution is 1.95. The van der Waals surface area contributed by atoms with Crippen molar-refractivity contribution in [3.05, 3.63) is 12.7 Å². The third-order valence-corrected chi connectivity index (χ3v) is 2.04. The molecule has 84 valence electrons. The van der Waals surface area contributed by atoms with E-state index in [2.05, 4.69) is 18.8 Å². The predicted octanol–water partition coefficient (Wildman–Crippen LogP) is 2.75. The fourth-order valence-corrected chi connectivity index (χ4v) is 1.20. The molecule has 1 N–H and O–H groups in total. The molecule has 0 spiro atoms. The Balaban J connectivity index is 2.81. The molecule has 14 heavy (non-hydrogen) atoms. The fraction of sp³-hybridized carbons (Fsp3) is 0.833. The second-order valence-electron chi connectivity index (χ2n) is 3.50. The molecule has 0 fully saturated rings. The third kappa shape index (κ3) is 11.7. The lowest BCUT2D eigenvalue weighted by atomic mass is 10.2. The first-order valence-corrected chi connectivity index (χ1v) is 5.81. The molecule has 0 aromatic heterocycles. The van der Waals surface area contributed by atoms with Crippen molar-refractivity contribution >= 4 is 0 Å². The van der Waals surface area contributed by atoms with Crippen molar-refractivity contribution in [1.29, 1.82) is 0 Å². The first kappa shape index (κ1) is 13.7. The van der Waals surface area contributed by atoms with E-state index >= 15 is 0 Å². The van der Waals surface area contributed by atoms with E-state index in [4.69, 9.17) is 4.74 Å². The predicted molar refractivity (Wildman–Crippen MR) is 62.6 cm³/mol. The maximum atomic E-state index is 5.41. The van der Waals surface area contributed by atoms with Crippen LogP contribution in [0.3, 0.4) is 0 Å². The van der Waals surface area contributed by atoms with Crippen molar-refractivity contribution in [3.63, 3.8) is 0 Å². The molecular formula is C12H25NO. The average Bonchev–Trinajstić information content (AvgIpc) is 2.21. The summed E-state index contributed by atoms with van der Waals surface area (Å²) in [4.78, 5) is 0. The summed E-state index contributed by atoms with van der Waals surface area (Å²) in [5.41, 5.74) is 0. The summed E-state index contributed by atoms with van der Waals surface area (Å²) in [5.74, 6) is 0. The van der Waals surface area contributed by atoms with Crippen LogP contribution in [0.2, 0.25) is 0 Å². The van der Waals surface area contributed by atoms with E-state index in [9.17, 15) is 0 Å². The van der Waals surface area contributed by atoms with Crippen LogP contribution in [0.4, 0.5) is 0 Å². The van der Waals surface area contributed by atoms with Crippen molar-refractivity contribution in [3.8, 4) is 0 Å². The van der Waals surface area contributed by atoms with Crippen molar-refractivity contribution in [2.45, 2.75) is 39.0 Å². The van der Waals surface area contributed by atoms with Gasteiger partial charge in [0.2, 0.25) is 0 Å². The Morgan fingerprint density at radius 1 is 1.14 bits per heavy atom. The summed E-state index contributed by atoms with van der Waals surface area (Å²) >= 11 is 0. The summed E-state index contributed by atoms with van der Waals surface area (Å²) < 4.78 is 5.41. The van der Waals surface area contributed by atoms with Crippen LogP contribution in [0.5, 0.6) is 0 Å². The molecule has 0 aliphatic heterocycles. The van der Waals surface area contributed by atoms with Gasteiger partial charge >= 0.3 is 0 Å². The van der Waals surface area contributed by atoms with Crippen LogP contribution >= 0.6 is 0 Å². The zero-order valence-electron chi connectivity index (χ0n) is 9.56. The number of ether oxygens (including phenoxy) is 1. The van der Waals surface area contributed by atoms with Crippen molar-refractivity contribution < 1.29 is 4.74 Å². The molecule has 0 amide bonds. The van der Waals surface area contributed by atoms with Crippen molar-refractivity contribution in [1.82, 2.24) is 5.32 Å². The number of hydrogen-bond donors (Lipinski definition) is 1. The molecule has 0 radical (unpaired) electrons. The second-order valence-corrected chi connectivity index (χ2v) is 3.50. The Kier molecular flexibility index (Phi) is 12.4. The molecule has 0 aromatic carbocycles. The van der Waals surface area contributed by atoms with Gasteiger partial charge in [0.15, 0.2) is 0 Å². The summed E-state index contributed by atoms with van der Waals surface area (Å²) in [5, 5.41) is 3.39. The van der Waals surface area contributed by atoms with E-state index in [-0.39, 0.29) is 0 Å². The molecule has 2 heteroatoms. The first-order chi connectivity index (χ1) is 6.91. The van der Waals surface area contributed by atoms with Gasteiger partial charge in [0.25, 0.3) is 0 Å². The minimum atomic E-state index is 0.831. The molecule has 0 saturated carbocycles. The van der Waals surface area contributed by atoms with Gasteiger partial charge in [-0.3, -0.25) is 0 Å². The van der Waals surface area contributed by atoms with Gasteiger partial charge in [0.1, 0.15) is 0 Å². The molecule has 2 nitrogen and oxygen atoms in total. The maximum absolute atomic E-state index is 5.41. The Hall–Kier alpha value is -0.340. The molecule has 0 atom stereocenters. The molecule has 0 aliphatic rings. The minimum Gasteiger partial charge on any atom is -0.381 e. The summed E-state index contributed by atoms with van der Waals surface area (Å²) in [6.45, 7) is 9.88. The topological polar surface area (TPSA) is 21.3 Å². The first-order valence-electron chi connectivity index (χ1n) is 5.81. The molecule has 0 aromatic rings. The van der Waals surface area contributed by atoms with Gasteiger partial charge in [-0.1, -0.05) is 13.0 Å². The zero-order valence-corrected chi connectivity index (χ0v) is 9.56. The van der Waals surface area contributed by atoms with E-state index in [0.717, 1.165) is 32.7 Å². The third-order valence-electron chi connectivity index (χ3n) is 2.04. The van der Waals surface area contributed by atoms with Crippen LogP contribution in [0.25, 0.3) is 0 Å². The highest BCUT2D eigenvalue weighted by Gasteiger charge is 1.90. The maximum Gasteiger partial charge on any atom is 0.0500 e. The molecule has 0 saturated heterocycles. The summed E-state index contributed by atoms with van der Waals surface area (Å²) in [6, 6.07) is 0. The normalized spacial score (nSPS) is 10.4. The Bertz CT molecular complexity index is 115. The molecule has 0 aliphatic carbocycles. The highest BCUT2D eigenvalue weighted by molar-refractivity contribution is 4.64. The number of hydrogen-bond acceptors (Lipinski definition) is 2. The largest absolute Gasteiger partial charge is 0.381 e. The second kappa shape index (κ2) is 12.7. The van der Waals surface area contributed by atoms with Crippen LogP contribution in [-0.2, 0) is 4.74 Å². The van der Waals surface area contributed by atoms with E-state index in [1.807, 2.05) is 6.08 Å². The molecular weight excluding hydrogens is 174 g/mol. The van der Waals surface area contributed by atoms with Gasteiger partial charge in [0.05, 0.1) is 0 Å². The van der Waals surface area contributed by atoms with E-state index in [0.29, 0.717) is 0 Å². The van der Waals surface area contributed by atoms with Crippen LogP contribution in [0, 0.1) is 0 Å². The standard InChI is InChI=1S/C12H25NO/c1-3-5-11-14-12-8-6-7-10-13-9-4-2/h3,13H,1,4-12H2,2H3. The van der Waals surface area contributed by atoms with E-state index in [1.54, 1.807) is 0 Å². The quantitative estimate of drug-likeness (QED) is 0.408. The molecule has 0 bridgehead atoms. The zero-order chi connectivity index (χ0) is 10.5. The van der Waals surface area contributed by atoms with Crippen molar-refractivity contribution in [2.75, 3.05) is 26.3 Å². The summed E-state index contributed by atoms with van der Waals surface area (Å²) in [7, 11) is 0. The van der Waals surface area contributed by atoms with Gasteiger partial charge in [0, 0.05) is 13.2 Å². The number of rotatable bonds is 11. The van der Waals surface area contributed by atoms with Crippen LogP contribution in [0.15, 0.2) is 12.7 Å². The van der Waals surface area contributed by atoms with Gasteiger partial charge in [-0.2, -0.15) is 0 Å². The van der Waals surface area contributed by atoms with E-state index in [1.165, 1.54) is 25.7 Å².